The fraction of sp³-hybridized carbons (Fsp3) is 0.353. The summed E-state index contributed by atoms with van der Waals surface area (Å²) in [5.41, 5.74) is 1.59. The van der Waals surface area contributed by atoms with Gasteiger partial charge < -0.3 is 19.7 Å². The van der Waals surface area contributed by atoms with Crippen molar-refractivity contribution in [3.05, 3.63) is 46.8 Å². The molecule has 1 aromatic carbocycles. The fourth-order valence-electron chi connectivity index (χ4n) is 2.44. The Morgan fingerprint density at radius 2 is 2.00 bits per heavy atom. The van der Waals surface area contributed by atoms with Crippen molar-refractivity contribution < 1.29 is 24.0 Å². The number of aromatic nitrogens is 1. The Morgan fingerprint density at radius 3 is 2.54 bits per heavy atom. The van der Waals surface area contributed by atoms with Gasteiger partial charge in [0.05, 0.1) is 25.3 Å². The molecule has 0 aliphatic heterocycles. The van der Waals surface area contributed by atoms with E-state index < -0.39 is 17.9 Å². The molecule has 1 amide bonds. The summed E-state index contributed by atoms with van der Waals surface area (Å²) >= 11 is 0. The number of carboxylic acids is 1. The second-order valence-electron chi connectivity index (χ2n) is 5.31. The molecule has 0 aliphatic rings. The molecule has 2 N–H and O–H groups in total. The summed E-state index contributed by atoms with van der Waals surface area (Å²) in [6, 6.07) is 6.23. The maximum absolute atomic E-state index is 12.6. The van der Waals surface area contributed by atoms with E-state index in [-0.39, 0.29) is 6.42 Å². The van der Waals surface area contributed by atoms with E-state index in [2.05, 4.69) is 10.5 Å². The third-order valence-electron chi connectivity index (χ3n) is 3.70. The van der Waals surface area contributed by atoms with E-state index in [0.717, 1.165) is 0 Å². The lowest BCUT2D eigenvalue weighted by molar-refractivity contribution is -0.137. The van der Waals surface area contributed by atoms with Gasteiger partial charge in [-0.15, -0.1) is 0 Å². The summed E-state index contributed by atoms with van der Waals surface area (Å²) < 4.78 is 10.2. The molecule has 0 fully saturated rings. The zero-order valence-corrected chi connectivity index (χ0v) is 13.8. The summed E-state index contributed by atoms with van der Waals surface area (Å²) in [6.07, 6.45) is 0.316. The van der Waals surface area contributed by atoms with E-state index in [1.54, 1.807) is 38.3 Å². The van der Waals surface area contributed by atoms with Gasteiger partial charge in [0.25, 0.3) is 5.91 Å². The van der Waals surface area contributed by atoms with Gasteiger partial charge in [-0.3, -0.25) is 9.59 Å². The highest BCUT2D eigenvalue weighted by molar-refractivity contribution is 5.96. The number of aliphatic carboxylic acids is 1. The number of methoxy groups -OCH3 is 1. The highest BCUT2D eigenvalue weighted by Crippen LogP contribution is 2.22. The van der Waals surface area contributed by atoms with Gasteiger partial charge in [-0.05, 0) is 31.0 Å². The number of carboxylic acid groups (broad SMARTS) is 1. The molecule has 24 heavy (non-hydrogen) atoms. The number of nitrogens with one attached hydrogen (secondary N) is 1. The number of amides is 1. The first-order chi connectivity index (χ1) is 11.5. The predicted octanol–water partition coefficient (Wildman–Crippen LogP) is 2.50. The molecule has 0 radical (unpaired) electrons. The minimum absolute atomic E-state index is 0.232. The van der Waals surface area contributed by atoms with Crippen LogP contribution in [0.3, 0.4) is 0 Å². The Bertz CT molecular complexity index is 721. The highest BCUT2D eigenvalue weighted by Gasteiger charge is 2.24. The van der Waals surface area contributed by atoms with Crippen molar-refractivity contribution in [3.8, 4) is 5.75 Å². The lowest BCUT2D eigenvalue weighted by atomic mass is 10.0. The first kappa shape index (κ1) is 17.5. The summed E-state index contributed by atoms with van der Waals surface area (Å²) in [5.74, 6) is -0.336. The van der Waals surface area contributed by atoms with Crippen LogP contribution < -0.4 is 10.1 Å². The van der Waals surface area contributed by atoms with Crippen LogP contribution in [0.15, 0.2) is 28.8 Å². The van der Waals surface area contributed by atoms with Crippen LogP contribution >= 0.6 is 0 Å². The Morgan fingerprint density at radius 1 is 1.33 bits per heavy atom. The number of ether oxygens (including phenoxy) is 1. The number of hydrogen-bond acceptors (Lipinski definition) is 5. The Kier molecular flexibility index (Phi) is 5.57. The SMILES string of the molecule is CCc1noc(C)c1C(=O)NC(CC(=O)O)c1ccc(OC)cc1. The monoisotopic (exact) mass is 332 g/mol. The van der Waals surface area contributed by atoms with Gasteiger partial charge in [0.1, 0.15) is 17.1 Å². The lowest BCUT2D eigenvalue weighted by Gasteiger charge is -2.18. The van der Waals surface area contributed by atoms with Crippen LogP contribution in [-0.2, 0) is 11.2 Å². The third kappa shape index (κ3) is 3.92. The Balaban J connectivity index is 2.26. The van der Waals surface area contributed by atoms with Crippen molar-refractivity contribution in [2.45, 2.75) is 32.7 Å². The molecule has 1 aromatic heterocycles. The summed E-state index contributed by atoms with van der Waals surface area (Å²) in [4.78, 5) is 23.7. The largest absolute Gasteiger partial charge is 0.497 e. The minimum Gasteiger partial charge on any atom is -0.497 e. The fourth-order valence-corrected chi connectivity index (χ4v) is 2.44. The predicted molar refractivity (Wildman–Crippen MR) is 86.1 cm³/mol. The van der Waals surface area contributed by atoms with Gasteiger partial charge in [-0.25, -0.2) is 0 Å². The van der Waals surface area contributed by atoms with E-state index in [1.807, 2.05) is 6.92 Å². The van der Waals surface area contributed by atoms with Gasteiger partial charge in [-0.2, -0.15) is 0 Å². The van der Waals surface area contributed by atoms with Crippen LogP contribution in [0.25, 0.3) is 0 Å². The molecule has 128 valence electrons. The van der Waals surface area contributed by atoms with Crippen LogP contribution in [0.1, 0.15) is 46.8 Å². The zero-order chi connectivity index (χ0) is 17.7. The van der Waals surface area contributed by atoms with Gasteiger partial charge in [-0.1, -0.05) is 24.2 Å². The summed E-state index contributed by atoms with van der Waals surface area (Å²) in [5, 5.41) is 15.7. The molecular formula is C17H20N2O5. The molecule has 0 saturated heterocycles. The van der Waals surface area contributed by atoms with E-state index in [1.165, 1.54) is 0 Å². The number of carbonyl (C=O) groups excluding carboxylic acids is 1. The second-order valence-corrected chi connectivity index (χ2v) is 5.31. The average Bonchev–Trinajstić information content (AvgIpc) is 2.94. The molecule has 1 unspecified atom stereocenters. The summed E-state index contributed by atoms with van der Waals surface area (Å²) in [7, 11) is 1.55. The normalized spacial score (nSPS) is 11.8. The molecule has 7 nitrogen and oxygen atoms in total. The van der Waals surface area contributed by atoms with Crippen LogP contribution in [-0.4, -0.2) is 29.2 Å². The highest BCUT2D eigenvalue weighted by atomic mass is 16.5. The Labute approximate surface area is 139 Å². The van der Waals surface area contributed by atoms with E-state index in [4.69, 9.17) is 14.4 Å². The lowest BCUT2D eigenvalue weighted by Crippen LogP contribution is -2.31. The van der Waals surface area contributed by atoms with E-state index in [0.29, 0.717) is 34.8 Å². The molecule has 0 aliphatic carbocycles. The molecular weight excluding hydrogens is 312 g/mol. The number of carbonyl (C=O) groups is 2. The van der Waals surface area contributed by atoms with Crippen molar-refractivity contribution >= 4 is 11.9 Å². The molecule has 7 heteroatoms. The maximum atomic E-state index is 12.6. The van der Waals surface area contributed by atoms with Crippen LogP contribution in [0.4, 0.5) is 0 Å². The van der Waals surface area contributed by atoms with Gasteiger partial charge in [0.2, 0.25) is 0 Å². The molecule has 1 heterocycles. The van der Waals surface area contributed by atoms with Crippen molar-refractivity contribution in [3.63, 3.8) is 0 Å². The molecule has 0 bridgehead atoms. The molecule has 0 saturated carbocycles. The number of hydrogen-bond donors (Lipinski definition) is 2. The van der Waals surface area contributed by atoms with E-state index in [9.17, 15) is 9.59 Å². The zero-order valence-electron chi connectivity index (χ0n) is 13.8. The van der Waals surface area contributed by atoms with E-state index >= 15 is 0 Å². The van der Waals surface area contributed by atoms with Gasteiger partial charge >= 0.3 is 5.97 Å². The van der Waals surface area contributed by atoms with Crippen LogP contribution in [0, 0.1) is 6.92 Å². The molecule has 2 aromatic rings. The third-order valence-corrected chi connectivity index (χ3v) is 3.70. The minimum atomic E-state index is -1.01. The maximum Gasteiger partial charge on any atom is 0.305 e. The van der Waals surface area contributed by atoms with Crippen molar-refractivity contribution in [1.82, 2.24) is 10.5 Å². The first-order valence-electron chi connectivity index (χ1n) is 7.58. The number of nitrogens with zero attached hydrogens (tertiary/aromatic N) is 1. The first-order valence-corrected chi connectivity index (χ1v) is 7.58. The number of aryl methyl sites for hydroxylation is 2. The topological polar surface area (TPSA) is 102 Å². The Hall–Kier alpha value is -2.83. The van der Waals surface area contributed by atoms with Crippen molar-refractivity contribution in [2.75, 3.05) is 7.11 Å². The van der Waals surface area contributed by atoms with Gasteiger partial charge in [0.15, 0.2) is 0 Å². The number of benzene rings is 1. The quantitative estimate of drug-likeness (QED) is 0.808. The van der Waals surface area contributed by atoms with Crippen LogP contribution in [0.5, 0.6) is 5.75 Å². The summed E-state index contributed by atoms with van der Waals surface area (Å²) in [6.45, 7) is 3.52. The van der Waals surface area contributed by atoms with Crippen molar-refractivity contribution in [2.24, 2.45) is 0 Å². The average molecular weight is 332 g/mol. The molecule has 1 atom stereocenters. The molecule has 2 rings (SSSR count). The second kappa shape index (κ2) is 7.63. The number of rotatable bonds is 7. The van der Waals surface area contributed by atoms with Crippen LogP contribution in [0.2, 0.25) is 0 Å². The van der Waals surface area contributed by atoms with Crippen molar-refractivity contribution in [1.29, 1.82) is 0 Å². The standard InChI is InChI=1S/C17H20N2O5/c1-4-13-16(10(2)24-19-13)17(22)18-14(9-15(20)21)11-5-7-12(23-3)8-6-11/h5-8,14H,4,9H2,1-3H3,(H,18,22)(H,20,21). The van der Waals surface area contributed by atoms with Gasteiger partial charge in [0, 0.05) is 0 Å². The smallest absolute Gasteiger partial charge is 0.305 e. The molecule has 0 spiro atoms.